The Hall–Kier alpha value is -5.53. The molecular formula is C54H68ClN7O7S. The molecule has 3 fully saturated rings. The average molecular weight is 995 g/mol. The summed E-state index contributed by atoms with van der Waals surface area (Å²) in [5.41, 5.74) is 5.33. The highest BCUT2D eigenvalue weighted by Crippen LogP contribution is 2.55. The van der Waals surface area contributed by atoms with Crippen LogP contribution < -0.4 is 25.6 Å². The fourth-order valence-electron chi connectivity index (χ4n) is 10.7. The fraction of sp³-hybridized carbons (Fsp3) is 0.519. The lowest BCUT2D eigenvalue weighted by atomic mass is 9.49. The number of anilines is 1. The van der Waals surface area contributed by atoms with Crippen LogP contribution in [-0.4, -0.2) is 102 Å². The van der Waals surface area contributed by atoms with E-state index in [4.69, 9.17) is 21.1 Å². The van der Waals surface area contributed by atoms with Gasteiger partial charge in [-0.1, -0.05) is 84.3 Å². The van der Waals surface area contributed by atoms with Crippen molar-refractivity contribution in [1.29, 1.82) is 5.26 Å². The zero-order valence-corrected chi connectivity index (χ0v) is 43.4. The second-order valence-corrected chi connectivity index (χ2v) is 22.8. The van der Waals surface area contributed by atoms with Gasteiger partial charge in [0.25, 0.3) is 5.91 Å². The summed E-state index contributed by atoms with van der Waals surface area (Å²) >= 11 is 7.84. The normalized spacial score (nSPS) is 21.7. The number of ether oxygens (including phenoxy) is 2. The van der Waals surface area contributed by atoms with E-state index >= 15 is 0 Å². The van der Waals surface area contributed by atoms with Gasteiger partial charge >= 0.3 is 0 Å². The predicted octanol–water partition coefficient (Wildman–Crippen LogP) is 8.25. The summed E-state index contributed by atoms with van der Waals surface area (Å²) in [6.45, 7) is 19.7. The van der Waals surface area contributed by atoms with Gasteiger partial charge in [-0.25, -0.2) is 4.98 Å². The van der Waals surface area contributed by atoms with Crippen molar-refractivity contribution in [2.24, 2.45) is 22.2 Å². The highest BCUT2D eigenvalue weighted by atomic mass is 35.5. The molecule has 1 saturated carbocycles. The molecular weight excluding hydrogens is 926 g/mol. The molecule has 4 atom stereocenters. The molecule has 4 aromatic rings. The number of halogens is 1. The molecule has 2 saturated heterocycles. The molecule has 0 radical (unpaired) electrons. The van der Waals surface area contributed by atoms with Crippen LogP contribution >= 0.6 is 22.9 Å². The SMILES string of the molecule is Cc1ncsc1-c1ccc([C@H](C)NC(=O)[C@@H]2C[C@@H](O)CN2C(=O)[C@@H](NC(=O)COCCC2CCN(c3ccc(C(=O)NC4C(C)(C)C(Oc5ccc(C#N)c(Cl)c5)C4(C)C)cc3)CC2)C(C)(C)C)cc1. The van der Waals surface area contributed by atoms with Gasteiger partial charge in [0.05, 0.1) is 38.8 Å². The molecule has 7 rings (SSSR count). The second-order valence-electron chi connectivity index (χ2n) is 21.5. The third kappa shape index (κ3) is 11.6. The average Bonchev–Trinajstić information content (AvgIpc) is 3.95. The van der Waals surface area contributed by atoms with Gasteiger partial charge in [-0.3, -0.25) is 19.2 Å². The lowest BCUT2D eigenvalue weighted by molar-refractivity contribution is -0.164. The quantitative estimate of drug-likeness (QED) is 0.0797. The van der Waals surface area contributed by atoms with Crippen molar-refractivity contribution < 1.29 is 33.8 Å². The van der Waals surface area contributed by atoms with Gasteiger partial charge in [-0.15, -0.1) is 11.3 Å². The van der Waals surface area contributed by atoms with Gasteiger partial charge in [0, 0.05) is 66.9 Å². The van der Waals surface area contributed by atoms with Crippen LogP contribution in [0, 0.1) is 40.4 Å². The Morgan fingerprint density at radius 3 is 2.26 bits per heavy atom. The minimum absolute atomic E-state index is 0.00956. The summed E-state index contributed by atoms with van der Waals surface area (Å²) in [5.74, 6) is -0.341. The summed E-state index contributed by atoms with van der Waals surface area (Å²) in [4.78, 5) is 63.8. The number of aromatic nitrogens is 1. The van der Waals surface area contributed by atoms with Gasteiger partial charge in [0.1, 0.15) is 36.6 Å². The third-order valence-electron chi connectivity index (χ3n) is 14.5. The molecule has 0 bridgehead atoms. The van der Waals surface area contributed by atoms with E-state index in [2.05, 4.69) is 59.6 Å². The van der Waals surface area contributed by atoms with Crippen LogP contribution in [0.2, 0.25) is 5.02 Å². The van der Waals surface area contributed by atoms with Crippen LogP contribution in [-0.2, 0) is 19.1 Å². The van der Waals surface area contributed by atoms with Gasteiger partial charge in [0.15, 0.2) is 0 Å². The Bertz CT molecular complexity index is 2550. The number of carbonyl (C=O) groups excluding carboxylic acids is 4. The first-order valence-corrected chi connectivity index (χ1v) is 25.5. The summed E-state index contributed by atoms with van der Waals surface area (Å²) in [6.07, 6.45) is 1.73. The number of nitrogens with zero attached hydrogens (tertiary/aromatic N) is 4. The van der Waals surface area contributed by atoms with Crippen LogP contribution in [0.3, 0.4) is 0 Å². The smallest absolute Gasteiger partial charge is 0.251 e. The molecule has 0 spiro atoms. The summed E-state index contributed by atoms with van der Waals surface area (Å²) < 4.78 is 12.2. The maximum absolute atomic E-state index is 14.1. The van der Waals surface area contributed by atoms with Crippen LogP contribution in [0.1, 0.15) is 114 Å². The first kappa shape index (κ1) is 52.3. The molecule has 3 aromatic carbocycles. The van der Waals surface area contributed by atoms with E-state index in [9.17, 15) is 29.5 Å². The van der Waals surface area contributed by atoms with E-state index in [0.717, 1.165) is 59.7 Å². The zero-order chi connectivity index (χ0) is 50.7. The molecule has 70 heavy (non-hydrogen) atoms. The Morgan fingerprint density at radius 2 is 1.66 bits per heavy atom. The van der Waals surface area contributed by atoms with Crippen molar-refractivity contribution in [1.82, 2.24) is 25.8 Å². The number of aliphatic hydroxyl groups excluding tert-OH is 1. The van der Waals surface area contributed by atoms with Crippen molar-refractivity contribution in [3.8, 4) is 22.3 Å². The monoisotopic (exact) mass is 993 g/mol. The number of β-amino-alcohol motifs (C(OH)–C–C–N with tert-alkyl or cyclic N) is 1. The molecule has 14 nitrogen and oxygen atoms in total. The number of aliphatic hydroxyl groups is 1. The minimum atomic E-state index is -0.949. The molecule has 0 unspecified atom stereocenters. The van der Waals surface area contributed by atoms with Crippen molar-refractivity contribution in [3.05, 3.63) is 99.6 Å². The van der Waals surface area contributed by atoms with Crippen LogP contribution in [0.4, 0.5) is 5.69 Å². The minimum Gasteiger partial charge on any atom is -0.489 e. The van der Waals surface area contributed by atoms with Crippen molar-refractivity contribution in [2.75, 3.05) is 37.7 Å². The molecule has 2 aliphatic heterocycles. The predicted molar refractivity (Wildman–Crippen MR) is 273 cm³/mol. The van der Waals surface area contributed by atoms with E-state index in [1.165, 1.54) is 4.90 Å². The van der Waals surface area contributed by atoms with Gasteiger partial charge in [-0.05, 0) is 92.0 Å². The maximum Gasteiger partial charge on any atom is 0.251 e. The lowest BCUT2D eigenvalue weighted by Gasteiger charge is -2.63. The number of piperidine rings is 1. The second kappa shape index (κ2) is 21.4. The van der Waals surface area contributed by atoms with E-state index in [1.807, 2.05) is 88.7 Å². The number of thiazole rings is 1. The highest BCUT2D eigenvalue weighted by Gasteiger charge is 2.64. The van der Waals surface area contributed by atoms with Crippen LogP contribution in [0.15, 0.2) is 72.2 Å². The number of nitrogens with one attached hydrogen (secondary N) is 3. The number of rotatable bonds is 16. The molecule has 3 aliphatic rings. The Kier molecular flexibility index (Phi) is 16.0. The van der Waals surface area contributed by atoms with Crippen molar-refractivity contribution >= 4 is 52.3 Å². The third-order valence-corrected chi connectivity index (χ3v) is 15.8. The van der Waals surface area contributed by atoms with E-state index in [1.54, 1.807) is 29.5 Å². The summed E-state index contributed by atoms with van der Waals surface area (Å²) in [7, 11) is 0. The topological polar surface area (TPSA) is 186 Å². The summed E-state index contributed by atoms with van der Waals surface area (Å²) in [6, 6.07) is 20.5. The van der Waals surface area contributed by atoms with Crippen molar-refractivity contribution in [3.63, 3.8) is 0 Å². The van der Waals surface area contributed by atoms with Gasteiger partial charge in [0.2, 0.25) is 17.7 Å². The molecule has 16 heteroatoms. The van der Waals surface area contributed by atoms with Gasteiger partial charge in [-0.2, -0.15) is 5.26 Å². The standard InChI is InChI=1S/C54H68ClN7O7S/c1-32(35-10-12-36(13-11-35)45-33(2)57-31-70-45)58-48(66)43-26-40(63)29-62(43)49(67)46(52(3,4)5)59-44(64)30-68-25-22-34-20-23-61(24-21-34)39-17-14-37(15-18-39)47(65)60-50-53(6,7)51(54(50,8)9)69-41-19-16-38(28-56)42(55)27-41/h10-19,27,31-32,34,40,43,46,50-51,63H,20-26,29-30H2,1-9H3,(H,58,66)(H,59,64)(H,60,65)/t32-,40+,43-,46+,50?,51?/m0/s1. The number of nitriles is 1. The molecule has 4 amide bonds. The van der Waals surface area contributed by atoms with Gasteiger partial charge < -0.3 is 40.3 Å². The number of hydrogen-bond acceptors (Lipinski definition) is 11. The van der Waals surface area contributed by atoms with Crippen LogP contribution in [0.25, 0.3) is 10.4 Å². The Labute approximate surface area is 421 Å². The fourth-order valence-corrected chi connectivity index (χ4v) is 11.8. The molecule has 1 aromatic heterocycles. The lowest BCUT2D eigenvalue weighted by Crippen LogP contribution is -2.74. The first-order chi connectivity index (χ1) is 33.1. The van der Waals surface area contributed by atoms with E-state index in [0.29, 0.717) is 34.4 Å². The number of benzene rings is 3. The molecule has 374 valence electrons. The number of amides is 4. The maximum atomic E-state index is 14.1. The zero-order valence-electron chi connectivity index (χ0n) is 41.8. The number of aryl methyl sites for hydroxylation is 1. The first-order valence-electron chi connectivity index (χ1n) is 24.3. The Morgan fingerprint density at radius 1 is 0.986 bits per heavy atom. The van der Waals surface area contributed by atoms with E-state index < -0.39 is 35.4 Å². The number of carbonyl (C=O) groups is 4. The number of hydrogen-bond donors (Lipinski definition) is 4. The number of likely N-dealkylation sites (tertiary alicyclic amines) is 1. The summed E-state index contributed by atoms with van der Waals surface area (Å²) in [5, 5.41) is 29.5. The molecule has 3 heterocycles. The van der Waals surface area contributed by atoms with Crippen LogP contribution in [0.5, 0.6) is 5.75 Å². The Balaban J connectivity index is 0.831. The molecule has 4 N–H and O–H groups in total. The van der Waals surface area contributed by atoms with E-state index in [-0.39, 0.29) is 60.4 Å². The molecule has 1 aliphatic carbocycles. The largest absolute Gasteiger partial charge is 0.489 e. The highest BCUT2D eigenvalue weighted by molar-refractivity contribution is 7.13. The van der Waals surface area contributed by atoms with Crippen molar-refractivity contribution in [2.45, 2.75) is 124 Å².